The summed E-state index contributed by atoms with van der Waals surface area (Å²) in [6.45, 7) is 6.09. The Labute approximate surface area is 207 Å². The van der Waals surface area contributed by atoms with Gasteiger partial charge in [0.25, 0.3) is 11.8 Å². The van der Waals surface area contributed by atoms with Crippen molar-refractivity contribution >= 4 is 63.5 Å². The summed E-state index contributed by atoms with van der Waals surface area (Å²) in [6, 6.07) is 11.1. The molecule has 0 radical (unpaired) electrons. The van der Waals surface area contributed by atoms with Crippen LogP contribution in [-0.2, 0) is 16.0 Å². The van der Waals surface area contributed by atoms with E-state index in [9.17, 15) is 9.59 Å². The molecule has 6 nitrogen and oxygen atoms in total. The maximum absolute atomic E-state index is 13.2. The fourth-order valence-corrected chi connectivity index (χ4v) is 4.19. The minimum atomic E-state index is -0.532. The second kappa shape index (κ2) is 10.4. The van der Waals surface area contributed by atoms with E-state index in [-0.39, 0.29) is 16.8 Å². The largest absolute Gasteiger partial charge is 0.493 e. The zero-order valence-electron chi connectivity index (χ0n) is 18.4. The minimum absolute atomic E-state index is 0.00776. The van der Waals surface area contributed by atoms with Crippen LogP contribution in [0, 0.1) is 3.57 Å². The molecule has 1 N–H and O–H groups in total. The van der Waals surface area contributed by atoms with Crippen molar-refractivity contribution in [3.05, 3.63) is 56.7 Å². The summed E-state index contributed by atoms with van der Waals surface area (Å²) in [4.78, 5) is 27.2. The standard InChI is InChI=1S/C24H25IN2O4S/c1-5-14(3)31-21-19(25)12-16(13-20(21)30-4)11-18-22(28)26-24(32)27(23(18)29)17-9-7-15(6-2)8-10-17/h7-14H,5-6H2,1-4H3,(H,26,28,32)/b18-11+/t14-/m0/s1. The molecule has 168 valence electrons. The molecule has 0 bridgehead atoms. The summed E-state index contributed by atoms with van der Waals surface area (Å²) in [5.74, 6) is 0.172. The number of nitrogens with one attached hydrogen (secondary N) is 1. The highest BCUT2D eigenvalue weighted by Gasteiger charge is 2.34. The molecule has 2 amide bonds. The van der Waals surface area contributed by atoms with Gasteiger partial charge in [0.1, 0.15) is 5.57 Å². The van der Waals surface area contributed by atoms with Crippen molar-refractivity contribution in [1.29, 1.82) is 0 Å². The Bertz CT molecular complexity index is 1080. The van der Waals surface area contributed by atoms with Crippen molar-refractivity contribution in [2.24, 2.45) is 0 Å². The van der Waals surface area contributed by atoms with Gasteiger partial charge in [-0.1, -0.05) is 26.0 Å². The van der Waals surface area contributed by atoms with Crippen LogP contribution >= 0.6 is 34.8 Å². The van der Waals surface area contributed by atoms with Gasteiger partial charge in [0.15, 0.2) is 16.6 Å². The highest BCUT2D eigenvalue weighted by Crippen LogP contribution is 2.36. The van der Waals surface area contributed by atoms with Crippen LogP contribution in [0.2, 0.25) is 0 Å². The number of thiocarbonyl (C=S) groups is 1. The van der Waals surface area contributed by atoms with Crippen molar-refractivity contribution in [2.75, 3.05) is 12.0 Å². The van der Waals surface area contributed by atoms with E-state index in [0.717, 1.165) is 22.0 Å². The van der Waals surface area contributed by atoms with Crippen LogP contribution < -0.4 is 19.7 Å². The molecule has 0 unspecified atom stereocenters. The van der Waals surface area contributed by atoms with Crippen molar-refractivity contribution in [1.82, 2.24) is 5.32 Å². The first-order valence-electron chi connectivity index (χ1n) is 10.3. The molecule has 8 heteroatoms. The number of ether oxygens (including phenoxy) is 2. The van der Waals surface area contributed by atoms with E-state index in [1.807, 2.05) is 44.2 Å². The average molecular weight is 564 g/mol. The quantitative estimate of drug-likeness (QED) is 0.225. The highest BCUT2D eigenvalue weighted by atomic mass is 127. The molecule has 0 aliphatic carbocycles. The fourth-order valence-electron chi connectivity index (χ4n) is 3.16. The normalized spacial score (nSPS) is 16.2. The van der Waals surface area contributed by atoms with Crippen LogP contribution in [0.1, 0.15) is 38.3 Å². The predicted octanol–water partition coefficient (Wildman–Crippen LogP) is 4.87. The lowest BCUT2D eigenvalue weighted by molar-refractivity contribution is -0.122. The summed E-state index contributed by atoms with van der Waals surface area (Å²) in [7, 11) is 1.56. The van der Waals surface area contributed by atoms with Gasteiger partial charge in [-0.05, 0) is 96.0 Å². The van der Waals surface area contributed by atoms with Gasteiger partial charge in [-0.15, -0.1) is 0 Å². The summed E-state index contributed by atoms with van der Waals surface area (Å²) in [5, 5.41) is 2.68. The van der Waals surface area contributed by atoms with Gasteiger partial charge in [-0.25, -0.2) is 0 Å². The number of carbonyl (C=O) groups excluding carboxylic acids is 2. The number of amides is 2. The van der Waals surface area contributed by atoms with Crippen molar-refractivity contribution in [3.63, 3.8) is 0 Å². The number of anilines is 1. The second-order valence-electron chi connectivity index (χ2n) is 7.35. The molecule has 1 aliphatic rings. The first-order valence-corrected chi connectivity index (χ1v) is 11.8. The molecular formula is C24H25IN2O4S. The third-order valence-corrected chi connectivity index (χ3v) is 6.25. The van der Waals surface area contributed by atoms with Gasteiger partial charge in [-0.2, -0.15) is 0 Å². The van der Waals surface area contributed by atoms with E-state index in [1.165, 1.54) is 4.90 Å². The Morgan fingerprint density at radius 2 is 1.88 bits per heavy atom. The fraction of sp³-hybridized carbons (Fsp3) is 0.292. The van der Waals surface area contributed by atoms with E-state index < -0.39 is 11.8 Å². The Balaban J connectivity index is 1.99. The van der Waals surface area contributed by atoms with Crippen molar-refractivity contribution in [2.45, 2.75) is 39.7 Å². The smallest absolute Gasteiger partial charge is 0.270 e. The Morgan fingerprint density at radius 1 is 1.19 bits per heavy atom. The monoisotopic (exact) mass is 564 g/mol. The third kappa shape index (κ3) is 5.12. The molecule has 3 rings (SSSR count). The second-order valence-corrected chi connectivity index (χ2v) is 8.90. The number of rotatable bonds is 7. The van der Waals surface area contributed by atoms with Crippen LogP contribution in [-0.4, -0.2) is 30.1 Å². The molecule has 2 aromatic carbocycles. The Morgan fingerprint density at radius 3 is 2.47 bits per heavy atom. The number of aryl methyl sites for hydroxylation is 1. The molecule has 1 saturated heterocycles. The third-order valence-electron chi connectivity index (χ3n) is 5.16. The van der Waals surface area contributed by atoms with Gasteiger partial charge in [0, 0.05) is 0 Å². The topological polar surface area (TPSA) is 67.9 Å². The minimum Gasteiger partial charge on any atom is -0.493 e. The first kappa shape index (κ1) is 24.2. The number of hydrogen-bond donors (Lipinski definition) is 1. The molecule has 1 heterocycles. The maximum atomic E-state index is 13.2. The zero-order chi connectivity index (χ0) is 23.4. The van der Waals surface area contributed by atoms with Crippen molar-refractivity contribution in [3.8, 4) is 11.5 Å². The molecule has 0 saturated carbocycles. The number of halogens is 1. The molecule has 0 spiro atoms. The molecule has 1 aliphatic heterocycles. The van der Waals surface area contributed by atoms with Crippen molar-refractivity contribution < 1.29 is 19.1 Å². The van der Waals surface area contributed by atoms with Gasteiger partial charge in [-0.3, -0.25) is 19.8 Å². The highest BCUT2D eigenvalue weighted by molar-refractivity contribution is 14.1. The summed E-state index contributed by atoms with van der Waals surface area (Å²) in [5.41, 5.74) is 2.39. The Kier molecular flexibility index (Phi) is 7.89. The predicted molar refractivity (Wildman–Crippen MR) is 138 cm³/mol. The van der Waals surface area contributed by atoms with Gasteiger partial charge in [0.2, 0.25) is 0 Å². The van der Waals surface area contributed by atoms with Crippen LogP contribution in [0.4, 0.5) is 5.69 Å². The zero-order valence-corrected chi connectivity index (χ0v) is 21.4. The summed E-state index contributed by atoms with van der Waals surface area (Å²) >= 11 is 7.44. The van der Waals surface area contributed by atoms with Crippen LogP contribution in [0.25, 0.3) is 6.08 Å². The molecule has 1 atom stereocenters. The molecule has 2 aromatic rings. The molecular weight excluding hydrogens is 539 g/mol. The van der Waals surface area contributed by atoms with E-state index in [4.69, 9.17) is 21.7 Å². The van der Waals surface area contributed by atoms with Gasteiger partial charge >= 0.3 is 0 Å². The number of methoxy groups -OCH3 is 1. The van der Waals surface area contributed by atoms with E-state index in [0.29, 0.717) is 22.7 Å². The number of nitrogens with zero attached hydrogens (tertiary/aromatic N) is 1. The van der Waals surface area contributed by atoms with Gasteiger partial charge in [0.05, 0.1) is 22.5 Å². The van der Waals surface area contributed by atoms with Gasteiger partial charge < -0.3 is 9.47 Å². The lowest BCUT2D eigenvalue weighted by atomic mass is 10.1. The number of carbonyl (C=O) groups is 2. The van der Waals surface area contributed by atoms with E-state index in [2.05, 4.69) is 34.8 Å². The maximum Gasteiger partial charge on any atom is 0.270 e. The number of benzene rings is 2. The molecule has 32 heavy (non-hydrogen) atoms. The summed E-state index contributed by atoms with van der Waals surface area (Å²) in [6.07, 6.45) is 3.32. The van der Waals surface area contributed by atoms with Crippen LogP contribution in [0.3, 0.4) is 0 Å². The summed E-state index contributed by atoms with van der Waals surface area (Å²) < 4.78 is 12.3. The van der Waals surface area contributed by atoms with Crippen LogP contribution in [0.5, 0.6) is 11.5 Å². The SMILES string of the molecule is CCc1ccc(N2C(=O)/C(=C/c3cc(I)c(O[C@@H](C)CC)c(OC)c3)C(=O)NC2=S)cc1. The van der Waals surface area contributed by atoms with E-state index >= 15 is 0 Å². The average Bonchev–Trinajstić information content (AvgIpc) is 2.78. The first-order chi connectivity index (χ1) is 15.3. The van der Waals surface area contributed by atoms with Crippen LogP contribution in [0.15, 0.2) is 42.0 Å². The van der Waals surface area contributed by atoms with E-state index in [1.54, 1.807) is 19.3 Å². The Hall–Kier alpha value is -2.46. The lowest BCUT2D eigenvalue weighted by Gasteiger charge is -2.29. The number of hydrogen-bond acceptors (Lipinski definition) is 5. The molecule has 1 fully saturated rings. The molecule has 0 aromatic heterocycles. The lowest BCUT2D eigenvalue weighted by Crippen LogP contribution is -2.54.